The van der Waals surface area contributed by atoms with E-state index in [4.69, 9.17) is 0 Å². The summed E-state index contributed by atoms with van der Waals surface area (Å²) < 4.78 is 30.4. The molecule has 4 rings (SSSR count). The number of anilines is 1. The van der Waals surface area contributed by atoms with Crippen LogP contribution in [-0.2, 0) is 17.3 Å². The number of carbonyl (C=O) groups is 1. The number of aromatic nitrogens is 2. The molecular weight excluding hydrogens is 430 g/mol. The number of hydrogen-bond acceptors (Lipinski definition) is 6. The average molecular weight is 450 g/mol. The van der Waals surface area contributed by atoms with Crippen molar-refractivity contribution in [1.29, 1.82) is 0 Å². The number of aryl methyl sites for hydroxylation is 1. The minimum atomic E-state index is -3.21. The smallest absolute Gasteiger partial charge is 0.299 e. The fourth-order valence-electron chi connectivity index (χ4n) is 3.57. The molecular formula is C23H20F2N6O2. The van der Waals surface area contributed by atoms with Crippen molar-refractivity contribution in [3.05, 3.63) is 92.0 Å². The molecule has 1 aliphatic rings. The Labute approximate surface area is 187 Å². The Kier molecular flexibility index (Phi) is 5.82. The minimum absolute atomic E-state index is 0.160. The quantitative estimate of drug-likeness (QED) is 0.529. The first kappa shape index (κ1) is 22.0. The van der Waals surface area contributed by atoms with Gasteiger partial charge in [-0.3, -0.25) is 14.2 Å². The van der Waals surface area contributed by atoms with Crippen LogP contribution in [0.1, 0.15) is 22.4 Å². The normalized spacial score (nSPS) is 12.5. The molecule has 0 bridgehead atoms. The van der Waals surface area contributed by atoms with Crippen LogP contribution in [0.25, 0.3) is 6.58 Å². The van der Waals surface area contributed by atoms with Crippen LogP contribution in [0.2, 0.25) is 0 Å². The van der Waals surface area contributed by atoms with Crippen LogP contribution in [0, 0.1) is 6.92 Å². The van der Waals surface area contributed by atoms with Gasteiger partial charge < -0.3 is 10.6 Å². The Hall–Kier alpha value is -4.21. The first-order chi connectivity index (χ1) is 15.8. The number of carbonyl (C=O) groups excluding carboxylic acids is 1. The van der Waals surface area contributed by atoms with Gasteiger partial charge in [0.2, 0.25) is 6.41 Å². The van der Waals surface area contributed by atoms with Crippen molar-refractivity contribution in [2.24, 2.45) is 10.2 Å². The molecule has 0 saturated carbocycles. The van der Waals surface area contributed by atoms with Crippen molar-refractivity contribution in [2.75, 3.05) is 11.9 Å². The Bertz CT molecular complexity index is 1420. The van der Waals surface area contributed by atoms with E-state index in [-0.39, 0.29) is 23.8 Å². The highest BCUT2D eigenvalue weighted by molar-refractivity contribution is 6.03. The number of amides is 1. The molecule has 168 valence electrons. The molecule has 1 aliphatic heterocycles. The summed E-state index contributed by atoms with van der Waals surface area (Å²) in [5.74, 6) is -3.25. The lowest BCUT2D eigenvalue weighted by Gasteiger charge is -2.18. The molecule has 0 atom stereocenters. The van der Waals surface area contributed by atoms with Gasteiger partial charge in [0.05, 0.1) is 17.5 Å². The molecule has 0 unspecified atom stereocenters. The second-order valence-corrected chi connectivity index (χ2v) is 7.43. The summed E-state index contributed by atoms with van der Waals surface area (Å²) in [7, 11) is 0. The highest BCUT2D eigenvalue weighted by Crippen LogP contribution is 2.27. The van der Waals surface area contributed by atoms with Gasteiger partial charge >= 0.3 is 0 Å². The SMILES string of the molecule is C=c1ccc2c(c1CNC=O)C(n1c(C)cnc(NCC(F)(F)c3ccccc3)c1=O)=NN=2. The fourth-order valence-corrected chi connectivity index (χ4v) is 3.57. The number of nitrogens with one attached hydrogen (secondary N) is 2. The molecule has 2 heterocycles. The molecule has 10 heteroatoms. The molecule has 1 aromatic heterocycles. The van der Waals surface area contributed by atoms with Crippen LogP contribution in [0.5, 0.6) is 0 Å². The first-order valence-corrected chi connectivity index (χ1v) is 10.0. The van der Waals surface area contributed by atoms with Crippen molar-refractivity contribution >= 4 is 24.6 Å². The first-order valence-electron chi connectivity index (χ1n) is 10.0. The van der Waals surface area contributed by atoms with Crippen molar-refractivity contribution in [2.45, 2.75) is 19.4 Å². The number of rotatable bonds is 7. The number of benzene rings is 2. The molecule has 0 radical (unpaired) electrons. The van der Waals surface area contributed by atoms with E-state index in [2.05, 4.69) is 32.4 Å². The van der Waals surface area contributed by atoms with Crippen molar-refractivity contribution in [3.63, 3.8) is 0 Å². The van der Waals surface area contributed by atoms with E-state index in [0.717, 1.165) is 0 Å². The predicted octanol–water partition coefficient (Wildman–Crippen LogP) is 1.26. The van der Waals surface area contributed by atoms with Gasteiger partial charge in [0.1, 0.15) is 0 Å². The van der Waals surface area contributed by atoms with Gasteiger partial charge in [0.15, 0.2) is 11.7 Å². The van der Waals surface area contributed by atoms with Gasteiger partial charge in [0, 0.05) is 24.0 Å². The molecule has 2 N–H and O–H groups in total. The molecule has 0 saturated heterocycles. The standard InChI is InChI=1S/C23H20F2N6O2/c1-14-8-9-18-19(17(14)11-26-13-32)21(30-29-18)31-15(2)10-27-20(22(31)33)28-12-23(24,25)16-6-4-3-5-7-16/h3-10,13H,1,11-12H2,2H3,(H,26,32)(H,27,28). The predicted molar refractivity (Wildman–Crippen MR) is 120 cm³/mol. The van der Waals surface area contributed by atoms with Gasteiger partial charge in [-0.1, -0.05) is 43.0 Å². The van der Waals surface area contributed by atoms with Gasteiger partial charge in [0.25, 0.3) is 11.5 Å². The second-order valence-electron chi connectivity index (χ2n) is 7.43. The van der Waals surface area contributed by atoms with Gasteiger partial charge in [-0.15, -0.1) is 10.2 Å². The Balaban J connectivity index is 1.71. The van der Waals surface area contributed by atoms with E-state index in [1.165, 1.54) is 35.0 Å². The summed E-state index contributed by atoms with van der Waals surface area (Å²) in [5, 5.41) is 14.5. The topological polar surface area (TPSA) is 101 Å². The second kappa shape index (κ2) is 8.73. The lowest BCUT2D eigenvalue weighted by Crippen LogP contribution is -2.37. The Morgan fingerprint density at radius 2 is 1.91 bits per heavy atom. The third-order valence-electron chi connectivity index (χ3n) is 5.25. The van der Waals surface area contributed by atoms with E-state index in [1.54, 1.807) is 25.1 Å². The molecule has 2 aromatic carbocycles. The van der Waals surface area contributed by atoms with Crippen molar-refractivity contribution in [1.82, 2.24) is 14.9 Å². The number of nitrogens with zero attached hydrogens (tertiary/aromatic N) is 4. The van der Waals surface area contributed by atoms with E-state index >= 15 is 0 Å². The van der Waals surface area contributed by atoms with Crippen molar-refractivity contribution in [3.8, 4) is 0 Å². The van der Waals surface area contributed by atoms with E-state index in [0.29, 0.717) is 33.8 Å². The maximum atomic E-state index is 14.6. The monoisotopic (exact) mass is 450 g/mol. The maximum absolute atomic E-state index is 14.6. The number of halogens is 2. The van der Waals surface area contributed by atoms with Gasteiger partial charge in [-0.2, -0.15) is 8.78 Å². The van der Waals surface area contributed by atoms with E-state index < -0.39 is 18.0 Å². The Morgan fingerprint density at radius 1 is 1.15 bits per heavy atom. The van der Waals surface area contributed by atoms with Crippen LogP contribution in [-0.4, -0.2) is 28.3 Å². The largest absolute Gasteiger partial charge is 0.359 e. The average Bonchev–Trinajstić information content (AvgIpc) is 3.22. The summed E-state index contributed by atoms with van der Waals surface area (Å²) >= 11 is 0. The van der Waals surface area contributed by atoms with E-state index in [1.807, 2.05) is 0 Å². The summed E-state index contributed by atoms with van der Waals surface area (Å²) in [6, 6.07) is 10.8. The Morgan fingerprint density at radius 3 is 2.64 bits per heavy atom. The fraction of sp³-hybridized carbons (Fsp3) is 0.174. The summed E-state index contributed by atoms with van der Waals surface area (Å²) in [4.78, 5) is 28.1. The van der Waals surface area contributed by atoms with Crippen LogP contribution >= 0.6 is 0 Å². The zero-order valence-corrected chi connectivity index (χ0v) is 17.7. The number of hydrogen-bond donors (Lipinski definition) is 2. The van der Waals surface area contributed by atoms with E-state index in [9.17, 15) is 18.4 Å². The van der Waals surface area contributed by atoms with Crippen LogP contribution in [0.15, 0.2) is 63.7 Å². The highest BCUT2D eigenvalue weighted by atomic mass is 19.3. The summed E-state index contributed by atoms with van der Waals surface area (Å²) in [6.07, 6.45) is 1.95. The third-order valence-corrected chi connectivity index (χ3v) is 5.25. The summed E-state index contributed by atoms with van der Waals surface area (Å²) in [5.41, 5.74) is 0.796. The zero-order valence-electron chi connectivity index (χ0n) is 17.7. The zero-order chi connectivity index (χ0) is 23.6. The van der Waals surface area contributed by atoms with Crippen LogP contribution in [0.3, 0.4) is 0 Å². The number of fused-ring (bicyclic) bond motifs is 1. The lowest BCUT2D eigenvalue weighted by atomic mass is 10.0. The van der Waals surface area contributed by atoms with Crippen molar-refractivity contribution < 1.29 is 13.6 Å². The third kappa shape index (κ3) is 4.14. The van der Waals surface area contributed by atoms with Gasteiger partial charge in [-0.05, 0) is 23.8 Å². The highest BCUT2D eigenvalue weighted by Gasteiger charge is 2.32. The van der Waals surface area contributed by atoms with Crippen LogP contribution in [0.4, 0.5) is 14.6 Å². The van der Waals surface area contributed by atoms with Crippen LogP contribution < -0.4 is 26.8 Å². The molecule has 8 nitrogen and oxygen atoms in total. The molecule has 3 aromatic rings. The molecule has 0 spiro atoms. The van der Waals surface area contributed by atoms with Gasteiger partial charge in [-0.25, -0.2) is 4.98 Å². The molecule has 33 heavy (non-hydrogen) atoms. The minimum Gasteiger partial charge on any atom is -0.359 e. The lowest BCUT2D eigenvalue weighted by molar-refractivity contribution is -0.109. The summed E-state index contributed by atoms with van der Waals surface area (Å²) in [6.45, 7) is 4.97. The molecule has 1 amide bonds. The molecule has 0 fully saturated rings. The molecule has 0 aliphatic carbocycles. The maximum Gasteiger partial charge on any atom is 0.299 e. The number of alkyl halides is 2.